The first-order chi connectivity index (χ1) is 14.7. The lowest BCUT2D eigenvalue weighted by atomic mass is 10.1. The number of anilines is 1. The lowest BCUT2D eigenvalue weighted by Crippen LogP contribution is -2.13. The second-order valence-corrected chi connectivity index (χ2v) is 7.39. The lowest BCUT2D eigenvalue weighted by molar-refractivity contribution is -0.133. The number of thiazole rings is 1. The second kappa shape index (κ2) is 9.19. The Morgan fingerprint density at radius 2 is 1.73 bits per heavy atom. The summed E-state index contributed by atoms with van der Waals surface area (Å²) in [5.41, 5.74) is 2.89. The lowest BCUT2D eigenvalue weighted by Gasteiger charge is -2.05. The summed E-state index contributed by atoms with van der Waals surface area (Å²) in [4.78, 5) is 28.4. The van der Waals surface area contributed by atoms with E-state index in [2.05, 4.69) is 22.4 Å². The van der Waals surface area contributed by atoms with E-state index in [4.69, 9.17) is 9.15 Å². The summed E-state index contributed by atoms with van der Waals surface area (Å²) in [5.74, 6) is -0.126. The van der Waals surface area contributed by atoms with Crippen molar-refractivity contribution in [2.45, 2.75) is 12.8 Å². The highest BCUT2D eigenvalue weighted by Crippen LogP contribution is 2.19. The summed E-state index contributed by atoms with van der Waals surface area (Å²) in [6.45, 7) is 0. The molecule has 0 unspecified atom stereocenters. The van der Waals surface area contributed by atoms with Crippen molar-refractivity contribution in [2.75, 3.05) is 5.32 Å². The summed E-state index contributed by atoms with van der Waals surface area (Å²) in [7, 11) is 0. The molecule has 4 aromatic rings. The van der Waals surface area contributed by atoms with Gasteiger partial charge in [0.15, 0.2) is 10.9 Å². The fourth-order valence-electron chi connectivity index (χ4n) is 2.83. The number of ether oxygens (including phenoxy) is 1. The van der Waals surface area contributed by atoms with Crippen molar-refractivity contribution >= 4 is 28.3 Å². The molecule has 0 aliphatic rings. The smallest absolute Gasteiger partial charge is 0.317 e. The molecular weight excluding hydrogens is 400 g/mol. The summed E-state index contributed by atoms with van der Waals surface area (Å²) >= 11 is 1.23. The standard InChI is InChI=1S/C23H18N2O4S/c26-21(14-18-15-30-23(24-18)25-22(27)20-7-4-12-28-20)29-19-10-8-17(9-11-19)13-16-5-2-1-3-6-16/h1-12,15H,13-14H2,(H,24,25,27). The molecule has 0 atom stereocenters. The molecule has 0 bridgehead atoms. The van der Waals surface area contributed by atoms with Crippen LogP contribution in [0.5, 0.6) is 5.75 Å². The van der Waals surface area contributed by atoms with E-state index in [-0.39, 0.29) is 18.1 Å². The molecule has 0 aliphatic carbocycles. The molecule has 0 saturated carbocycles. The van der Waals surface area contributed by atoms with E-state index in [1.54, 1.807) is 29.6 Å². The predicted octanol–water partition coefficient (Wildman–Crippen LogP) is 4.73. The number of carbonyl (C=O) groups is 2. The van der Waals surface area contributed by atoms with E-state index in [0.717, 1.165) is 12.0 Å². The van der Waals surface area contributed by atoms with Gasteiger partial charge in [0.1, 0.15) is 5.75 Å². The minimum absolute atomic E-state index is 0.0128. The van der Waals surface area contributed by atoms with Gasteiger partial charge in [-0.25, -0.2) is 4.98 Å². The zero-order chi connectivity index (χ0) is 20.8. The number of hydrogen-bond donors (Lipinski definition) is 1. The van der Waals surface area contributed by atoms with Crippen molar-refractivity contribution in [3.05, 3.63) is 101 Å². The van der Waals surface area contributed by atoms with Crippen LogP contribution >= 0.6 is 11.3 Å². The first-order valence-corrected chi connectivity index (χ1v) is 10.2. The van der Waals surface area contributed by atoms with Crippen LogP contribution in [0.3, 0.4) is 0 Å². The largest absolute Gasteiger partial charge is 0.459 e. The molecule has 0 aliphatic heterocycles. The SMILES string of the molecule is O=C(Cc1csc(NC(=O)c2ccco2)n1)Oc1ccc(Cc2ccccc2)cc1. The van der Waals surface area contributed by atoms with Crippen LogP contribution in [0.1, 0.15) is 27.4 Å². The maximum absolute atomic E-state index is 12.2. The number of aromatic nitrogens is 1. The summed E-state index contributed by atoms with van der Waals surface area (Å²) in [5, 5.41) is 4.74. The molecule has 7 heteroatoms. The van der Waals surface area contributed by atoms with Gasteiger partial charge in [-0.3, -0.25) is 14.9 Å². The zero-order valence-corrected chi connectivity index (χ0v) is 16.7. The van der Waals surface area contributed by atoms with Gasteiger partial charge in [0.25, 0.3) is 5.91 Å². The van der Waals surface area contributed by atoms with Crippen LogP contribution in [0, 0.1) is 0 Å². The fraction of sp³-hybridized carbons (Fsp3) is 0.0870. The van der Waals surface area contributed by atoms with Crippen molar-refractivity contribution in [1.29, 1.82) is 0 Å². The van der Waals surface area contributed by atoms with E-state index < -0.39 is 5.97 Å². The van der Waals surface area contributed by atoms with Crippen LogP contribution in [0.4, 0.5) is 5.13 Å². The van der Waals surface area contributed by atoms with Gasteiger partial charge in [-0.05, 0) is 41.8 Å². The molecule has 4 rings (SSSR count). The van der Waals surface area contributed by atoms with Crippen LogP contribution in [0.15, 0.2) is 82.8 Å². The third kappa shape index (κ3) is 5.21. The average molecular weight is 418 g/mol. The Labute approximate surface area is 177 Å². The Balaban J connectivity index is 1.29. The van der Waals surface area contributed by atoms with E-state index in [9.17, 15) is 9.59 Å². The number of benzene rings is 2. The minimum atomic E-state index is -0.417. The molecule has 1 amide bonds. The molecule has 1 N–H and O–H groups in total. The van der Waals surface area contributed by atoms with Crippen molar-refractivity contribution in [3.8, 4) is 5.75 Å². The van der Waals surface area contributed by atoms with Gasteiger partial charge < -0.3 is 9.15 Å². The molecule has 2 aromatic heterocycles. The molecule has 30 heavy (non-hydrogen) atoms. The number of carbonyl (C=O) groups excluding carboxylic acids is 2. The Kier molecular flexibility index (Phi) is 6.01. The number of nitrogens with zero attached hydrogens (tertiary/aromatic N) is 1. The summed E-state index contributed by atoms with van der Waals surface area (Å²) < 4.78 is 10.4. The van der Waals surface area contributed by atoms with Gasteiger partial charge in [0.2, 0.25) is 0 Å². The third-order valence-corrected chi connectivity index (χ3v) is 5.06. The van der Waals surface area contributed by atoms with Crippen LogP contribution in [0.2, 0.25) is 0 Å². The van der Waals surface area contributed by atoms with Gasteiger partial charge in [0, 0.05) is 5.38 Å². The molecule has 0 saturated heterocycles. The number of furan rings is 1. The fourth-order valence-corrected chi connectivity index (χ4v) is 3.54. The Hall–Kier alpha value is -3.71. The number of hydrogen-bond acceptors (Lipinski definition) is 6. The number of esters is 1. The molecule has 0 fully saturated rings. The first-order valence-electron chi connectivity index (χ1n) is 9.28. The van der Waals surface area contributed by atoms with Crippen molar-refractivity contribution in [2.24, 2.45) is 0 Å². The van der Waals surface area contributed by atoms with Gasteiger partial charge in [-0.2, -0.15) is 0 Å². The average Bonchev–Trinajstić information content (AvgIpc) is 3.43. The van der Waals surface area contributed by atoms with Crippen molar-refractivity contribution < 1.29 is 18.7 Å². The topological polar surface area (TPSA) is 81.4 Å². The number of rotatable bonds is 7. The normalized spacial score (nSPS) is 10.5. The van der Waals surface area contributed by atoms with Crippen molar-refractivity contribution in [1.82, 2.24) is 4.98 Å². The third-order valence-electron chi connectivity index (χ3n) is 4.25. The number of nitrogens with one attached hydrogen (secondary N) is 1. The predicted molar refractivity (Wildman–Crippen MR) is 114 cm³/mol. The maximum Gasteiger partial charge on any atom is 0.317 e. The van der Waals surface area contributed by atoms with E-state index in [0.29, 0.717) is 16.6 Å². The minimum Gasteiger partial charge on any atom is -0.459 e. The quantitative estimate of drug-likeness (QED) is 0.347. The van der Waals surface area contributed by atoms with Crippen LogP contribution in [0.25, 0.3) is 0 Å². The zero-order valence-electron chi connectivity index (χ0n) is 15.9. The summed E-state index contributed by atoms with van der Waals surface area (Å²) in [6, 6.07) is 20.8. The summed E-state index contributed by atoms with van der Waals surface area (Å²) in [6.07, 6.45) is 2.26. The molecule has 0 spiro atoms. The highest BCUT2D eigenvalue weighted by atomic mass is 32.1. The van der Waals surface area contributed by atoms with Gasteiger partial charge in [0.05, 0.1) is 18.4 Å². The highest BCUT2D eigenvalue weighted by Gasteiger charge is 2.14. The molecule has 2 aromatic carbocycles. The number of amides is 1. The molecule has 0 radical (unpaired) electrons. The second-order valence-electron chi connectivity index (χ2n) is 6.53. The Bertz CT molecular complexity index is 1120. The molecule has 6 nitrogen and oxygen atoms in total. The maximum atomic E-state index is 12.2. The Morgan fingerprint density at radius 3 is 2.47 bits per heavy atom. The van der Waals surface area contributed by atoms with Crippen LogP contribution in [-0.2, 0) is 17.6 Å². The molecule has 2 heterocycles. The van der Waals surface area contributed by atoms with E-state index in [1.807, 2.05) is 30.3 Å². The van der Waals surface area contributed by atoms with Crippen LogP contribution < -0.4 is 10.1 Å². The molecular formula is C23H18N2O4S. The van der Waals surface area contributed by atoms with Gasteiger partial charge in [-0.1, -0.05) is 42.5 Å². The van der Waals surface area contributed by atoms with Gasteiger partial charge in [-0.15, -0.1) is 11.3 Å². The van der Waals surface area contributed by atoms with E-state index >= 15 is 0 Å². The Morgan fingerprint density at radius 1 is 0.967 bits per heavy atom. The van der Waals surface area contributed by atoms with Gasteiger partial charge >= 0.3 is 5.97 Å². The van der Waals surface area contributed by atoms with E-state index in [1.165, 1.54) is 23.2 Å². The van der Waals surface area contributed by atoms with Crippen molar-refractivity contribution in [3.63, 3.8) is 0 Å². The van der Waals surface area contributed by atoms with Crippen LogP contribution in [-0.4, -0.2) is 16.9 Å². The molecule has 150 valence electrons. The highest BCUT2D eigenvalue weighted by molar-refractivity contribution is 7.14. The first kappa shape index (κ1) is 19.6. The monoisotopic (exact) mass is 418 g/mol.